The number of benzene rings is 2. The van der Waals surface area contributed by atoms with E-state index in [-0.39, 0.29) is 5.75 Å². The van der Waals surface area contributed by atoms with Gasteiger partial charge < -0.3 is 19.4 Å². The van der Waals surface area contributed by atoms with Crippen LogP contribution < -0.4 is 14.9 Å². The molecule has 0 aliphatic rings. The molecule has 3 rings (SSSR count). The molecule has 0 spiro atoms. The summed E-state index contributed by atoms with van der Waals surface area (Å²) in [6.45, 7) is 7.72. The van der Waals surface area contributed by atoms with Gasteiger partial charge >= 0.3 is 12.5 Å². The van der Waals surface area contributed by atoms with Gasteiger partial charge in [-0.05, 0) is 76.2 Å². The van der Waals surface area contributed by atoms with Crippen LogP contribution in [0.15, 0.2) is 58.9 Å². The van der Waals surface area contributed by atoms with Gasteiger partial charge in [0.2, 0.25) is 0 Å². The van der Waals surface area contributed by atoms with Gasteiger partial charge in [-0.15, -0.1) is 24.5 Å². The summed E-state index contributed by atoms with van der Waals surface area (Å²) in [5.41, 5.74) is 2.05. The highest BCUT2D eigenvalue weighted by Gasteiger charge is 2.31. The van der Waals surface area contributed by atoms with Crippen LogP contribution in [-0.2, 0) is 24.4 Å². The first-order valence-corrected chi connectivity index (χ1v) is 13.5. The van der Waals surface area contributed by atoms with Crippen molar-refractivity contribution in [1.29, 1.82) is 0 Å². The van der Waals surface area contributed by atoms with Crippen LogP contribution in [0.5, 0.6) is 5.75 Å². The predicted octanol–water partition coefficient (Wildman–Crippen LogP) is 6.88. The van der Waals surface area contributed by atoms with Crippen molar-refractivity contribution in [1.82, 2.24) is 14.8 Å². The zero-order valence-corrected chi connectivity index (χ0v) is 23.8. The number of carbonyl (C=O) groups excluding carboxylic acids is 1. The second-order valence-corrected chi connectivity index (χ2v) is 11.2. The van der Waals surface area contributed by atoms with Crippen molar-refractivity contribution in [3.63, 3.8) is 0 Å². The SMILES string of the molecule is CN(Cc1ccc(Cl)cc1)Cc1csc(=Nc2ccc(OC(F)(F)F)cc2)n1CCCNC(=O)OC(C)(C)C. The van der Waals surface area contributed by atoms with Crippen LogP contribution in [0.25, 0.3) is 0 Å². The zero-order valence-electron chi connectivity index (χ0n) is 22.2. The van der Waals surface area contributed by atoms with Crippen LogP contribution in [-0.4, -0.2) is 41.1 Å². The molecule has 1 N–H and O–H groups in total. The molecule has 0 saturated heterocycles. The molecule has 0 radical (unpaired) electrons. The van der Waals surface area contributed by atoms with Crippen molar-refractivity contribution < 1.29 is 27.4 Å². The fourth-order valence-corrected chi connectivity index (χ4v) is 4.69. The van der Waals surface area contributed by atoms with Gasteiger partial charge in [0.1, 0.15) is 11.4 Å². The van der Waals surface area contributed by atoms with Gasteiger partial charge in [0.05, 0.1) is 5.69 Å². The third kappa shape index (κ3) is 10.9. The lowest BCUT2D eigenvalue weighted by Crippen LogP contribution is -2.33. The lowest BCUT2D eigenvalue weighted by molar-refractivity contribution is -0.274. The third-order valence-corrected chi connectivity index (χ3v) is 6.36. The predicted molar refractivity (Wildman–Crippen MR) is 146 cm³/mol. The van der Waals surface area contributed by atoms with E-state index in [1.54, 1.807) is 20.8 Å². The fraction of sp³-hybridized carbons (Fsp3) is 0.407. The maximum absolute atomic E-state index is 12.5. The molecular formula is C27H32ClF3N4O3S. The Morgan fingerprint density at radius 1 is 1.08 bits per heavy atom. The smallest absolute Gasteiger partial charge is 0.444 e. The number of amides is 1. The second kappa shape index (κ2) is 13.4. The lowest BCUT2D eigenvalue weighted by Gasteiger charge is -2.20. The summed E-state index contributed by atoms with van der Waals surface area (Å²) in [4.78, 5) is 19.5. The highest BCUT2D eigenvalue weighted by Crippen LogP contribution is 2.25. The van der Waals surface area contributed by atoms with Crippen molar-refractivity contribution in [2.75, 3.05) is 13.6 Å². The molecule has 0 atom stereocenters. The molecule has 12 heteroatoms. The number of halogens is 4. The third-order valence-electron chi connectivity index (χ3n) is 5.20. The molecule has 0 aliphatic heterocycles. The normalized spacial score (nSPS) is 12.6. The van der Waals surface area contributed by atoms with Gasteiger partial charge in [-0.2, -0.15) is 0 Å². The summed E-state index contributed by atoms with van der Waals surface area (Å²) in [5.74, 6) is -0.307. The zero-order chi connectivity index (χ0) is 28.6. The Bertz CT molecular complexity index is 1280. The topological polar surface area (TPSA) is 68.1 Å². The van der Waals surface area contributed by atoms with Crippen molar-refractivity contribution in [3.05, 3.63) is 75.0 Å². The van der Waals surface area contributed by atoms with E-state index in [2.05, 4.69) is 24.5 Å². The van der Waals surface area contributed by atoms with E-state index < -0.39 is 18.1 Å². The average Bonchev–Trinajstić information content (AvgIpc) is 3.18. The van der Waals surface area contributed by atoms with E-state index in [1.165, 1.54) is 35.6 Å². The highest BCUT2D eigenvalue weighted by atomic mass is 35.5. The second-order valence-electron chi connectivity index (χ2n) is 9.90. The Labute approximate surface area is 234 Å². The largest absolute Gasteiger partial charge is 0.573 e. The van der Waals surface area contributed by atoms with E-state index in [1.807, 2.05) is 36.7 Å². The number of aromatic nitrogens is 1. The Morgan fingerprint density at radius 3 is 2.36 bits per heavy atom. The molecule has 3 aromatic rings. The number of alkyl carbamates (subject to hydrolysis) is 1. The number of nitrogens with zero attached hydrogens (tertiary/aromatic N) is 3. The summed E-state index contributed by atoms with van der Waals surface area (Å²) in [7, 11) is 2.01. The van der Waals surface area contributed by atoms with Gasteiger partial charge in [0, 0.05) is 42.3 Å². The fourth-order valence-electron chi connectivity index (χ4n) is 3.63. The van der Waals surface area contributed by atoms with Crippen LogP contribution in [0.4, 0.5) is 23.7 Å². The molecule has 0 bridgehead atoms. The van der Waals surface area contributed by atoms with Crippen LogP contribution in [0.3, 0.4) is 0 Å². The molecule has 0 fully saturated rings. The minimum absolute atomic E-state index is 0.307. The van der Waals surface area contributed by atoms with E-state index in [0.29, 0.717) is 48.1 Å². The highest BCUT2D eigenvalue weighted by molar-refractivity contribution is 7.07. The van der Waals surface area contributed by atoms with Crippen molar-refractivity contribution in [3.8, 4) is 5.75 Å². The number of rotatable bonds is 10. The van der Waals surface area contributed by atoms with E-state index in [0.717, 1.165) is 11.3 Å². The molecule has 1 aromatic heterocycles. The summed E-state index contributed by atoms with van der Waals surface area (Å²) >= 11 is 7.44. The maximum Gasteiger partial charge on any atom is 0.573 e. The molecule has 212 valence electrons. The average molecular weight is 585 g/mol. The van der Waals surface area contributed by atoms with Gasteiger partial charge in [-0.3, -0.25) is 4.90 Å². The molecular weight excluding hydrogens is 553 g/mol. The Kier molecular flexibility index (Phi) is 10.5. The Morgan fingerprint density at radius 2 is 1.74 bits per heavy atom. The number of thiazole rings is 1. The maximum atomic E-state index is 12.5. The van der Waals surface area contributed by atoms with Gasteiger partial charge in [-0.1, -0.05) is 23.7 Å². The number of nitrogens with one attached hydrogen (secondary N) is 1. The van der Waals surface area contributed by atoms with Crippen molar-refractivity contribution in [2.24, 2.45) is 4.99 Å². The number of ether oxygens (including phenoxy) is 2. The number of carbonyl (C=O) groups is 1. The first kappa shape index (κ1) is 30.5. The lowest BCUT2D eigenvalue weighted by atomic mass is 10.2. The molecule has 39 heavy (non-hydrogen) atoms. The monoisotopic (exact) mass is 584 g/mol. The summed E-state index contributed by atoms with van der Waals surface area (Å²) in [6, 6.07) is 13.1. The Balaban J connectivity index is 1.76. The van der Waals surface area contributed by atoms with Gasteiger partial charge in [-0.25, -0.2) is 9.79 Å². The van der Waals surface area contributed by atoms with Crippen LogP contribution >= 0.6 is 22.9 Å². The quantitative estimate of drug-likeness (QED) is 0.264. The number of hydrogen-bond donors (Lipinski definition) is 1. The van der Waals surface area contributed by atoms with E-state index in [4.69, 9.17) is 16.3 Å². The van der Waals surface area contributed by atoms with Crippen LogP contribution in [0.1, 0.15) is 38.4 Å². The van der Waals surface area contributed by atoms with Crippen LogP contribution in [0, 0.1) is 0 Å². The standard InChI is InChI=1S/C27H32ClF3N4O3S/c1-26(2,3)38-25(36)32-14-5-15-35-22(17-34(4)16-19-6-8-20(28)9-7-19)18-39-24(35)33-21-10-12-23(13-11-21)37-27(29,30)31/h6-13,18H,5,14-17H2,1-4H3,(H,32,36). The summed E-state index contributed by atoms with van der Waals surface area (Å²) < 4.78 is 48.8. The van der Waals surface area contributed by atoms with Gasteiger partial charge in [0.15, 0.2) is 4.80 Å². The molecule has 1 amide bonds. The molecule has 0 unspecified atom stereocenters. The minimum atomic E-state index is -4.75. The van der Waals surface area contributed by atoms with Crippen molar-refractivity contribution in [2.45, 2.75) is 58.8 Å². The summed E-state index contributed by atoms with van der Waals surface area (Å²) in [5, 5.41) is 5.46. The first-order valence-electron chi connectivity index (χ1n) is 12.2. The minimum Gasteiger partial charge on any atom is -0.444 e. The molecule has 7 nitrogen and oxygen atoms in total. The first-order chi connectivity index (χ1) is 18.3. The number of alkyl halides is 3. The number of hydrogen-bond acceptors (Lipinski definition) is 6. The molecule has 1 heterocycles. The molecule has 0 aliphatic carbocycles. The molecule has 2 aromatic carbocycles. The molecule has 0 saturated carbocycles. The van der Waals surface area contributed by atoms with Crippen molar-refractivity contribution >= 4 is 34.7 Å². The van der Waals surface area contributed by atoms with Gasteiger partial charge in [0.25, 0.3) is 0 Å². The van der Waals surface area contributed by atoms with E-state index >= 15 is 0 Å². The van der Waals surface area contributed by atoms with Crippen LogP contribution in [0.2, 0.25) is 5.02 Å². The Hall–Kier alpha value is -3.02. The van der Waals surface area contributed by atoms with E-state index in [9.17, 15) is 18.0 Å². The summed E-state index contributed by atoms with van der Waals surface area (Å²) in [6.07, 6.45) is -4.61.